The lowest BCUT2D eigenvalue weighted by atomic mass is 9.94. The SMILES string of the molecule is CC(CBr)C(Cc1ccc(Br)cc1N1CCCC1)NC(=O)Cc1ccc2[nH]cc(CCC(=O)OC(C)(C)C)c2c1. The predicted molar refractivity (Wildman–Crippen MR) is 170 cm³/mol. The maximum Gasteiger partial charge on any atom is 0.306 e. The third-order valence-corrected chi connectivity index (χ3v) is 8.94. The van der Waals surface area contributed by atoms with Gasteiger partial charge in [-0.15, -0.1) is 0 Å². The molecule has 0 aliphatic carbocycles. The van der Waals surface area contributed by atoms with Crippen molar-refractivity contribution in [2.24, 2.45) is 5.92 Å². The minimum atomic E-state index is -0.491. The van der Waals surface area contributed by atoms with Crippen molar-refractivity contribution in [1.82, 2.24) is 10.3 Å². The molecule has 1 aliphatic heterocycles. The average molecular weight is 676 g/mol. The zero-order valence-corrected chi connectivity index (χ0v) is 27.2. The normalized spacial score (nSPS) is 15.3. The van der Waals surface area contributed by atoms with E-state index in [9.17, 15) is 9.59 Å². The third-order valence-electron chi connectivity index (χ3n) is 7.43. The summed E-state index contributed by atoms with van der Waals surface area (Å²) in [5.74, 6) is 0.0801. The van der Waals surface area contributed by atoms with Crippen molar-refractivity contribution in [2.75, 3.05) is 23.3 Å². The number of benzene rings is 2. The molecule has 1 fully saturated rings. The largest absolute Gasteiger partial charge is 0.460 e. The molecule has 0 radical (unpaired) electrons. The number of alkyl halides is 1. The van der Waals surface area contributed by atoms with E-state index in [1.165, 1.54) is 24.1 Å². The Balaban J connectivity index is 1.44. The molecule has 1 amide bonds. The first kappa shape index (κ1) is 30.6. The van der Waals surface area contributed by atoms with Gasteiger partial charge >= 0.3 is 5.97 Å². The van der Waals surface area contributed by atoms with Crippen LogP contribution in [0.25, 0.3) is 10.9 Å². The summed E-state index contributed by atoms with van der Waals surface area (Å²) in [6.07, 6.45) is 6.37. The highest BCUT2D eigenvalue weighted by Gasteiger charge is 2.24. The zero-order chi connectivity index (χ0) is 28.9. The first-order chi connectivity index (χ1) is 19.0. The van der Waals surface area contributed by atoms with Crippen molar-refractivity contribution >= 4 is 60.3 Å². The number of carbonyl (C=O) groups excluding carboxylic acids is 2. The summed E-state index contributed by atoms with van der Waals surface area (Å²) in [6.45, 7) is 9.97. The Hall–Kier alpha value is -2.32. The predicted octanol–water partition coefficient (Wildman–Crippen LogP) is 7.11. The fourth-order valence-electron chi connectivity index (χ4n) is 5.32. The third kappa shape index (κ3) is 8.35. The van der Waals surface area contributed by atoms with Crippen LogP contribution in [0.1, 0.15) is 63.6 Å². The molecule has 8 heteroatoms. The quantitative estimate of drug-likeness (QED) is 0.168. The lowest BCUT2D eigenvalue weighted by molar-refractivity contribution is -0.154. The zero-order valence-electron chi connectivity index (χ0n) is 24.0. The monoisotopic (exact) mass is 673 g/mol. The highest BCUT2D eigenvalue weighted by Crippen LogP contribution is 2.30. The van der Waals surface area contributed by atoms with Crippen LogP contribution in [-0.4, -0.2) is 46.9 Å². The number of amides is 1. The van der Waals surface area contributed by atoms with E-state index in [4.69, 9.17) is 4.74 Å². The van der Waals surface area contributed by atoms with Gasteiger partial charge in [-0.1, -0.05) is 50.9 Å². The van der Waals surface area contributed by atoms with Gasteiger partial charge in [0, 0.05) is 58.1 Å². The van der Waals surface area contributed by atoms with Crippen LogP contribution in [0.3, 0.4) is 0 Å². The molecular weight excluding hydrogens is 634 g/mol. The molecule has 0 bridgehead atoms. The summed E-state index contributed by atoms with van der Waals surface area (Å²) >= 11 is 7.30. The van der Waals surface area contributed by atoms with Crippen molar-refractivity contribution in [3.05, 3.63) is 63.8 Å². The summed E-state index contributed by atoms with van der Waals surface area (Å²) in [4.78, 5) is 31.3. The average Bonchev–Trinajstić information content (AvgIpc) is 3.57. The van der Waals surface area contributed by atoms with Gasteiger partial charge in [0.1, 0.15) is 5.60 Å². The minimum Gasteiger partial charge on any atom is -0.460 e. The molecule has 0 spiro atoms. The van der Waals surface area contributed by atoms with Crippen molar-refractivity contribution in [3.8, 4) is 0 Å². The number of rotatable bonds is 11. The molecule has 40 heavy (non-hydrogen) atoms. The van der Waals surface area contributed by atoms with E-state index in [1.807, 2.05) is 39.1 Å². The number of hydrogen-bond donors (Lipinski definition) is 2. The number of carbonyl (C=O) groups is 2. The van der Waals surface area contributed by atoms with Gasteiger partial charge in [0.15, 0.2) is 0 Å². The number of nitrogens with zero attached hydrogens (tertiary/aromatic N) is 1. The Morgan fingerprint density at radius 1 is 1.10 bits per heavy atom. The number of nitrogens with one attached hydrogen (secondary N) is 2. The molecule has 1 aromatic heterocycles. The molecule has 6 nitrogen and oxygen atoms in total. The van der Waals surface area contributed by atoms with E-state index in [1.54, 1.807) is 0 Å². The number of H-pyrrole nitrogens is 1. The number of ether oxygens (including phenoxy) is 1. The van der Waals surface area contributed by atoms with Crippen LogP contribution in [0.2, 0.25) is 0 Å². The standard InChI is InChI=1S/C32H41Br2N3O3/c1-21(19-33)28(17-23-8-10-25(34)18-29(23)37-13-5-6-14-37)36-30(38)16-22-7-11-27-26(15-22)24(20-35-27)9-12-31(39)40-32(2,3)4/h7-8,10-11,15,18,20-21,28,35H,5-6,9,12-14,16-17,19H2,1-4H3,(H,36,38). The van der Waals surface area contributed by atoms with Crippen LogP contribution >= 0.6 is 31.9 Å². The van der Waals surface area contributed by atoms with E-state index < -0.39 is 5.60 Å². The fourth-order valence-corrected chi connectivity index (χ4v) is 6.12. The van der Waals surface area contributed by atoms with Crippen LogP contribution in [-0.2, 0) is 33.6 Å². The van der Waals surface area contributed by atoms with Crippen molar-refractivity contribution in [3.63, 3.8) is 0 Å². The van der Waals surface area contributed by atoms with E-state index in [-0.39, 0.29) is 23.8 Å². The van der Waals surface area contributed by atoms with Crippen LogP contribution in [0.4, 0.5) is 5.69 Å². The molecule has 2 unspecified atom stereocenters. The lowest BCUT2D eigenvalue weighted by Gasteiger charge is -2.28. The smallest absolute Gasteiger partial charge is 0.306 e. The molecule has 216 valence electrons. The number of hydrogen-bond acceptors (Lipinski definition) is 4. The second-order valence-corrected chi connectivity index (χ2v) is 13.5. The topological polar surface area (TPSA) is 74.4 Å². The number of aryl methyl sites for hydroxylation is 1. The van der Waals surface area contributed by atoms with Crippen molar-refractivity contribution in [2.45, 2.75) is 77.9 Å². The van der Waals surface area contributed by atoms with Gasteiger partial charge in [-0.25, -0.2) is 0 Å². The fraction of sp³-hybridized carbons (Fsp3) is 0.500. The van der Waals surface area contributed by atoms with Crippen LogP contribution in [0.15, 0.2) is 47.1 Å². The Morgan fingerprint density at radius 3 is 2.55 bits per heavy atom. The molecule has 1 saturated heterocycles. The van der Waals surface area contributed by atoms with Crippen molar-refractivity contribution < 1.29 is 14.3 Å². The minimum absolute atomic E-state index is 0.00906. The first-order valence-electron chi connectivity index (χ1n) is 14.2. The van der Waals surface area contributed by atoms with Crippen LogP contribution in [0, 0.1) is 5.92 Å². The molecule has 0 saturated carbocycles. The Labute approximate surface area is 254 Å². The van der Waals surface area contributed by atoms with Crippen LogP contribution in [0.5, 0.6) is 0 Å². The van der Waals surface area contributed by atoms with Gasteiger partial charge in [0.2, 0.25) is 5.91 Å². The highest BCUT2D eigenvalue weighted by molar-refractivity contribution is 9.10. The van der Waals surface area contributed by atoms with Gasteiger partial charge in [0.05, 0.1) is 6.42 Å². The van der Waals surface area contributed by atoms with E-state index in [0.29, 0.717) is 19.3 Å². The van der Waals surface area contributed by atoms with Gasteiger partial charge in [-0.3, -0.25) is 9.59 Å². The molecular formula is C32H41Br2N3O3. The lowest BCUT2D eigenvalue weighted by Crippen LogP contribution is -2.42. The summed E-state index contributed by atoms with van der Waals surface area (Å²) in [5, 5.41) is 5.20. The van der Waals surface area contributed by atoms with Gasteiger partial charge in [-0.05, 0) is 93.3 Å². The Morgan fingerprint density at radius 2 is 1.85 bits per heavy atom. The molecule has 2 aromatic carbocycles. The summed E-state index contributed by atoms with van der Waals surface area (Å²) in [5.41, 5.74) is 5.05. The molecule has 1 aliphatic rings. The molecule has 2 heterocycles. The summed E-state index contributed by atoms with van der Waals surface area (Å²) in [7, 11) is 0. The second kappa shape index (κ2) is 13.6. The van der Waals surface area contributed by atoms with Crippen LogP contribution < -0.4 is 10.2 Å². The number of aromatic nitrogens is 1. The van der Waals surface area contributed by atoms with Gasteiger partial charge in [-0.2, -0.15) is 0 Å². The van der Waals surface area contributed by atoms with Crippen molar-refractivity contribution in [1.29, 1.82) is 0 Å². The van der Waals surface area contributed by atoms with E-state index in [2.05, 4.69) is 78.2 Å². The van der Waals surface area contributed by atoms with Gasteiger partial charge in [0.25, 0.3) is 0 Å². The van der Waals surface area contributed by atoms with E-state index in [0.717, 1.165) is 51.3 Å². The Bertz CT molecular complexity index is 1320. The number of esters is 1. The number of aromatic amines is 1. The molecule has 4 rings (SSSR count). The highest BCUT2D eigenvalue weighted by atomic mass is 79.9. The maximum absolute atomic E-state index is 13.3. The maximum atomic E-state index is 13.3. The first-order valence-corrected chi connectivity index (χ1v) is 16.1. The summed E-state index contributed by atoms with van der Waals surface area (Å²) < 4.78 is 6.55. The van der Waals surface area contributed by atoms with E-state index >= 15 is 0 Å². The number of halogens is 2. The molecule has 2 N–H and O–H groups in total. The van der Waals surface area contributed by atoms with Gasteiger partial charge < -0.3 is 19.9 Å². The Kier molecular flexibility index (Phi) is 10.4. The number of fused-ring (bicyclic) bond motifs is 1. The second-order valence-electron chi connectivity index (χ2n) is 11.9. The molecule has 2 atom stereocenters. The number of anilines is 1. The summed E-state index contributed by atoms with van der Waals surface area (Å²) in [6, 6.07) is 12.6. The molecule has 3 aromatic rings.